The smallest absolute Gasteiger partial charge is 0.312 e. The maximum atomic E-state index is 14.4. The summed E-state index contributed by atoms with van der Waals surface area (Å²) in [7, 11) is 0. The van der Waals surface area contributed by atoms with Crippen LogP contribution in [0, 0.1) is 17.8 Å². The molecule has 4 N–H and O–H groups in total. The Labute approximate surface area is 143 Å². The monoisotopic (exact) mass is 357 g/mol. The zero-order chi connectivity index (χ0) is 16.9. The molecule has 7 heteroatoms. The van der Waals surface area contributed by atoms with Crippen molar-refractivity contribution in [1.82, 2.24) is 0 Å². The first-order chi connectivity index (χ1) is 10.2. The van der Waals surface area contributed by atoms with Crippen LogP contribution in [0.25, 0.3) is 0 Å². The van der Waals surface area contributed by atoms with Gasteiger partial charge in [-0.2, -0.15) is 0 Å². The minimum absolute atomic E-state index is 0. The maximum absolute atomic E-state index is 14.4. The summed E-state index contributed by atoms with van der Waals surface area (Å²) >= 11 is 0. The Morgan fingerprint density at radius 1 is 1.26 bits per heavy atom. The summed E-state index contributed by atoms with van der Waals surface area (Å²) in [5.41, 5.74) is 5.78. The van der Waals surface area contributed by atoms with E-state index in [0.717, 1.165) is 32.1 Å². The summed E-state index contributed by atoms with van der Waals surface area (Å²) in [6.07, 6.45) is 3.19. The number of rotatable bonds is 8. The molecule has 0 amide bonds. The minimum Gasteiger partial charge on any atom is -0.481 e. The summed E-state index contributed by atoms with van der Waals surface area (Å²) in [6, 6.07) is -1.09. The van der Waals surface area contributed by atoms with Crippen molar-refractivity contribution in [3.05, 3.63) is 0 Å². The lowest BCUT2D eigenvalue weighted by Crippen LogP contribution is -2.53. The first kappa shape index (κ1) is 22.5. The number of hydrogen-bond acceptors (Lipinski definition) is 3. The molecule has 1 aliphatic rings. The second-order valence-electron chi connectivity index (χ2n) is 7.04. The van der Waals surface area contributed by atoms with Crippen LogP contribution in [0.15, 0.2) is 0 Å². The molecule has 0 saturated heterocycles. The highest BCUT2D eigenvalue weighted by Gasteiger charge is 2.52. The molecule has 1 fully saturated rings. The zero-order valence-electron chi connectivity index (χ0n) is 13.9. The number of hydrogen-bond donors (Lipinski definition) is 3. The molecule has 0 aromatic rings. The van der Waals surface area contributed by atoms with E-state index < -0.39 is 30.0 Å². The number of nitrogens with two attached hydrogens (primary N) is 1. The van der Waals surface area contributed by atoms with Gasteiger partial charge in [-0.3, -0.25) is 4.79 Å². The molecule has 4 nitrogen and oxygen atoms in total. The third kappa shape index (κ3) is 6.51. The lowest BCUT2D eigenvalue weighted by atomic mass is 9.80. The van der Waals surface area contributed by atoms with E-state index in [0.29, 0.717) is 6.42 Å². The fraction of sp³-hybridized carbons (Fsp3) is 0.938. The molecular formula is C16H30ClF2NO3. The van der Waals surface area contributed by atoms with Gasteiger partial charge >= 0.3 is 5.97 Å². The topological polar surface area (TPSA) is 83.5 Å². The molecule has 1 saturated carbocycles. The van der Waals surface area contributed by atoms with Crippen LogP contribution >= 0.6 is 12.4 Å². The number of aliphatic hydroxyl groups is 1. The van der Waals surface area contributed by atoms with Crippen LogP contribution in [0.5, 0.6) is 0 Å². The van der Waals surface area contributed by atoms with E-state index in [2.05, 4.69) is 0 Å². The van der Waals surface area contributed by atoms with Gasteiger partial charge < -0.3 is 15.9 Å². The SMILES string of the molecule is CC(C)CC(C(=O)O)C(F)(F)C(O)C(N)CC1CCCCC1.Cl. The number of aliphatic hydroxyl groups excluding tert-OH is 1. The van der Waals surface area contributed by atoms with Crippen LogP contribution in [0.4, 0.5) is 8.78 Å². The van der Waals surface area contributed by atoms with Crippen LogP contribution < -0.4 is 5.73 Å². The van der Waals surface area contributed by atoms with Gasteiger partial charge in [-0.15, -0.1) is 12.4 Å². The van der Waals surface area contributed by atoms with E-state index in [4.69, 9.17) is 10.8 Å². The highest BCUT2D eigenvalue weighted by Crippen LogP contribution is 2.36. The van der Waals surface area contributed by atoms with E-state index >= 15 is 0 Å². The third-order valence-corrected chi connectivity index (χ3v) is 4.60. The second-order valence-corrected chi connectivity index (χ2v) is 7.04. The molecule has 0 radical (unpaired) electrons. The molecule has 138 valence electrons. The van der Waals surface area contributed by atoms with Crippen molar-refractivity contribution in [3.8, 4) is 0 Å². The van der Waals surface area contributed by atoms with Crippen molar-refractivity contribution < 1.29 is 23.8 Å². The average molecular weight is 358 g/mol. The molecule has 3 atom stereocenters. The van der Waals surface area contributed by atoms with E-state index in [1.54, 1.807) is 13.8 Å². The fourth-order valence-electron chi connectivity index (χ4n) is 3.32. The molecule has 0 bridgehead atoms. The summed E-state index contributed by atoms with van der Waals surface area (Å²) < 4.78 is 28.8. The highest BCUT2D eigenvalue weighted by atomic mass is 35.5. The molecule has 0 spiro atoms. The van der Waals surface area contributed by atoms with E-state index in [9.17, 15) is 18.7 Å². The number of aliphatic carboxylic acids is 1. The molecule has 0 aromatic carbocycles. The molecular weight excluding hydrogens is 328 g/mol. The van der Waals surface area contributed by atoms with Gasteiger partial charge in [0.05, 0.1) is 0 Å². The van der Waals surface area contributed by atoms with Crippen LogP contribution in [-0.4, -0.2) is 34.3 Å². The first-order valence-corrected chi connectivity index (χ1v) is 8.20. The Morgan fingerprint density at radius 3 is 2.22 bits per heavy atom. The first-order valence-electron chi connectivity index (χ1n) is 8.20. The molecule has 0 aromatic heterocycles. The Balaban J connectivity index is 0.00000484. The van der Waals surface area contributed by atoms with Crippen molar-refractivity contribution in [2.24, 2.45) is 23.5 Å². The largest absolute Gasteiger partial charge is 0.481 e. The van der Waals surface area contributed by atoms with Crippen LogP contribution in [0.3, 0.4) is 0 Å². The molecule has 23 heavy (non-hydrogen) atoms. The molecule has 3 unspecified atom stereocenters. The molecule has 0 heterocycles. The quantitative estimate of drug-likeness (QED) is 0.621. The predicted molar refractivity (Wildman–Crippen MR) is 88.0 cm³/mol. The van der Waals surface area contributed by atoms with Crippen molar-refractivity contribution in [2.45, 2.75) is 76.9 Å². The lowest BCUT2D eigenvalue weighted by molar-refractivity contribution is -0.184. The molecule has 1 rings (SSSR count). The molecule has 0 aliphatic heterocycles. The second kappa shape index (κ2) is 9.74. The van der Waals surface area contributed by atoms with Crippen LogP contribution in [-0.2, 0) is 4.79 Å². The summed E-state index contributed by atoms with van der Waals surface area (Å²) in [5.74, 6) is -7.15. The standard InChI is InChI=1S/C16H29F2NO3.ClH/c1-10(2)8-12(15(21)22)16(17,18)14(20)13(19)9-11-6-4-3-5-7-11;/h10-14,20H,3-9,19H2,1-2H3,(H,21,22);1H. The van der Waals surface area contributed by atoms with Gasteiger partial charge in [-0.25, -0.2) is 8.78 Å². The number of alkyl halides is 2. The van der Waals surface area contributed by atoms with E-state index in [1.807, 2.05) is 0 Å². The summed E-state index contributed by atoms with van der Waals surface area (Å²) in [4.78, 5) is 11.2. The van der Waals surface area contributed by atoms with Gasteiger partial charge in [-0.05, 0) is 24.7 Å². The number of carboxylic acids is 1. The Hall–Kier alpha value is -0.460. The lowest BCUT2D eigenvalue weighted by Gasteiger charge is -2.34. The number of carbonyl (C=O) groups is 1. The summed E-state index contributed by atoms with van der Waals surface area (Å²) in [6.45, 7) is 3.36. The number of halogens is 3. The van der Waals surface area contributed by atoms with E-state index in [1.165, 1.54) is 0 Å². The average Bonchev–Trinajstić information content (AvgIpc) is 2.44. The van der Waals surface area contributed by atoms with Gasteiger partial charge in [-0.1, -0.05) is 46.0 Å². The van der Waals surface area contributed by atoms with E-state index in [-0.39, 0.29) is 30.7 Å². The van der Waals surface area contributed by atoms with Crippen molar-refractivity contribution in [2.75, 3.05) is 0 Å². The Bertz CT molecular complexity index is 363. The highest BCUT2D eigenvalue weighted by molar-refractivity contribution is 5.85. The summed E-state index contributed by atoms with van der Waals surface area (Å²) in [5, 5.41) is 19.0. The minimum atomic E-state index is -3.72. The Morgan fingerprint density at radius 2 is 1.78 bits per heavy atom. The maximum Gasteiger partial charge on any atom is 0.312 e. The third-order valence-electron chi connectivity index (χ3n) is 4.60. The molecule has 1 aliphatic carbocycles. The Kier molecular flexibility index (Phi) is 9.55. The van der Waals surface area contributed by atoms with Crippen LogP contribution in [0.1, 0.15) is 58.8 Å². The van der Waals surface area contributed by atoms with Crippen LogP contribution in [0.2, 0.25) is 0 Å². The van der Waals surface area contributed by atoms with Crippen molar-refractivity contribution in [1.29, 1.82) is 0 Å². The zero-order valence-corrected chi connectivity index (χ0v) is 14.7. The van der Waals surface area contributed by atoms with Gasteiger partial charge in [0.15, 0.2) is 0 Å². The van der Waals surface area contributed by atoms with Crippen molar-refractivity contribution >= 4 is 18.4 Å². The predicted octanol–water partition coefficient (Wildman–Crippen LogP) is 3.45. The van der Waals surface area contributed by atoms with Gasteiger partial charge in [0, 0.05) is 6.04 Å². The number of carboxylic acid groups (broad SMARTS) is 1. The fourth-order valence-corrected chi connectivity index (χ4v) is 3.32. The van der Waals surface area contributed by atoms with Gasteiger partial charge in [0.1, 0.15) is 12.0 Å². The normalized spacial score (nSPS) is 20.7. The van der Waals surface area contributed by atoms with Gasteiger partial charge in [0.2, 0.25) is 0 Å². The van der Waals surface area contributed by atoms with Crippen molar-refractivity contribution in [3.63, 3.8) is 0 Å². The van der Waals surface area contributed by atoms with Gasteiger partial charge in [0.25, 0.3) is 5.92 Å².